The highest BCUT2D eigenvalue weighted by atomic mass is 16.3. The number of benzene rings is 2. The highest BCUT2D eigenvalue weighted by molar-refractivity contribution is 5.65. The minimum absolute atomic E-state index is 0.638. The van der Waals surface area contributed by atoms with Gasteiger partial charge in [-0.3, -0.25) is 0 Å². The average Bonchev–Trinajstić information content (AvgIpc) is 2.68. The molecule has 0 fully saturated rings. The first-order chi connectivity index (χ1) is 11.8. The molecule has 1 N–H and O–H groups in total. The Morgan fingerprint density at radius 2 is 1.67 bits per heavy atom. The van der Waals surface area contributed by atoms with Crippen molar-refractivity contribution < 1.29 is 5.11 Å². The fourth-order valence-electron chi connectivity index (χ4n) is 3.32. The Kier molecular flexibility index (Phi) is 4.01. The topological polar surface area (TPSA) is 36.4 Å². The maximum absolute atomic E-state index is 10.5. The minimum Gasteiger partial charge on any atom is -0.384 e. The first-order valence-corrected chi connectivity index (χ1v) is 8.37. The zero-order valence-electron chi connectivity index (χ0n) is 13.5. The lowest BCUT2D eigenvalue weighted by molar-refractivity contribution is 0.220. The van der Waals surface area contributed by atoms with Gasteiger partial charge in [-0.05, 0) is 36.1 Å². The molecule has 3 heteroatoms. The number of anilines is 2. The van der Waals surface area contributed by atoms with E-state index in [-0.39, 0.29) is 0 Å². The van der Waals surface area contributed by atoms with E-state index in [9.17, 15) is 5.11 Å². The summed E-state index contributed by atoms with van der Waals surface area (Å²) in [4.78, 5) is 6.88. The predicted octanol–water partition coefficient (Wildman–Crippen LogP) is 4.25. The van der Waals surface area contributed by atoms with E-state index in [4.69, 9.17) is 0 Å². The van der Waals surface area contributed by atoms with Crippen molar-refractivity contribution in [1.29, 1.82) is 0 Å². The Labute approximate surface area is 142 Å². The van der Waals surface area contributed by atoms with Crippen LogP contribution in [0, 0.1) is 0 Å². The van der Waals surface area contributed by atoms with E-state index in [2.05, 4.69) is 34.1 Å². The molecule has 0 aliphatic carbocycles. The van der Waals surface area contributed by atoms with Gasteiger partial charge in [0.05, 0.1) is 0 Å². The van der Waals surface area contributed by atoms with E-state index < -0.39 is 6.10 Å². The molecule has 2 heterocycles. The smallest absolute Gasteiger partial charge is 0.132 e. The third-order valence-corrected chi connectivity index (χ3v) is 4.59. The summed E-state index contributed by atoms with van der Waals surface area (Å²) in [6.45, 7) is 0.977. The van der Waals surface area contributed by atoms with Crippen LogP contribution in [0.3, 0.4) is 0 Å². The summed E-state index contributed by atoms with van der Waals surface area (Å²) in [7, 11) is 0. The molecule has 0 saturated carbocycles. The fraction of sp³-hybridized carbons (Fsp3) is 0.190. The van der Waals surface area contributed by atoms with Gasteiger partial charge in [-0.1, -0.05) is 54.6 Å². The second-order valence-corrected chi connectivity index (χ2v) is 6.15. The molecule has 0 spiro atoms. The standard InChI is InChI=1S/C21H20N2O/c24-21(17-8-2-1-3-9-17)18-12-13-20(22-15-18)23-14-6-10-16-7-4-5-11-19(16)23/h1-5,7-9,11-13,15,21,24H,6,10,14H2. The van der Waals surface area contributed by atoms with Gasteiger partial charge in [0.1, 0.15) is 11.9 Å². The first-order valence-electron chi connectivity index (χ1n) is 8.37. The summed E-state index contributed by atoms with van der Waals surface area (Å²) in [5, 5.41) is 10.5. The first kappa shape index (κ1) is 14.9. The van der Waals surface area contributed by atoms with Gasteiger partial charge in [0.15, 0.2) is 0 Å². The zero-order valence-corrected chi connectivity index (χ0v) is 13.5. The summed E-state index contributed by atoms with van der Waals surface area (Å²) in [5.41, 5.74) is 4.32. The maximum atomic E-state index is 10.5. The Hall–Kier alpha value is -2.65. The summed E-state index contributed by atoms with van der Waals surface area (Å²) in [6, 6.07) is 22.2. The molecule has 0 bridgehead atoms. The summed E-state index contributed by atoms with van der Waals surface area (Å²) >= 11 is 0. The molecule has 24 heavy (non-hydrogen) atoms. The molecular weight excluding hydrogens is 296 g/mol. The van der Waals surface area contributed by atoms with Crippen LogP contribution in [-0.4, -0.2) is 16.6 Å². The van der Waals surface area contributed by atoms with Crippen molar-refractivity contribution in [3.63, 3.8) is 0 Å². The number of aromatic nitrogens is 1. The second kappa shape index (κ2) is 6.46. The van der Waals surface area contributed by atoms with E-state index in [1.807, 2.05) is 42.5 Å². The molecule has 2 aromatic carbocycles. The van der Waals surface area contributed by atoms with Crippen LogP contribution in [-0.2, 0) is 6.42 Å². The molecule has 1 atom stereocenters. The zero-order chi connectivity index (χ0) is 16.4. The average molecular weight is 316 g/mol. The van der Waals surface area contributed by atoms with Gasteiger partial charge in [-0.2, -0.15) is 0 Å². The summed E-state index contributed by atoms with van der Waals surface area (Å²) in [6.07, 6.45) is 3.40. The highest BCUT2D eigenvalue weighted by Crippen LogP contribution is 2.32. The summed E-state index contributed by atoms with van der Waals surface area (Å²) in [5.74, 6) is 0.936. The number of aliphatic hydroxyl groups excluding tert-OH is 1. The van der Waals surface area contributed by atoms with Crippen LogP contribution >= 0.6 is 0 Å². The fourth-order valence-corrected chi connectivity index (χ4v) is 3.32. The quantitative estimate of drug-likeness (QED) is 0.785. The van der Waals surface area contributed by atoms with Crippen molar-refractivity contribution in [3.05, 3.63) is 89.6 Å². The molecule has 3 aromatic rings. The molecule has 3 nitrogen and oxygen atoms in total. The van der Waals surface area contributed by atoms with E-state index in [0.717, 1.165) is 36.3 Å². The van der Waals surface area contributed by atoms with Crippen LogP contribution < -0.4 is 4.90 Å². The van der Waals surface area contributed by atoms with Crippen LogP contribution in [0.25, 0.3) is 0 Å². The van der Waals surface area contributed by atoms with Crippen molar-refractivity contribution in [2.24, 2.45) is 0 Å². The lowest BCUT2D eigenvalue weighted by Gasteiger charge is -2.30. The van der Waals surface area contributed by atoms with Gasteiger partial charge in [0, 0.05) is 24.0 Å². The van der Waals surface area contributed by atoms with Crippen LogP contribution in [0.4, 0.5) is 11.5 Å². The van der Waals surface area contributed by atoms with Gasteiger partial charge in [-0.15, -0.1) is 0 Å². The molecule has 120 valence electrons. The van der Waals surface area contributed by atoms with Gasteiger partial charge in [0.2, 0.25) is 0 Å². The van der Waals surface area contributed by atoms with E-state index in [1.165, 1.54) is 11.3 Å². The third kappa shape index (κ3) is 2.79. The molecule has 0 amide bonds. The number of nitrogens with zero attached hydrogens (tertiary/aromatic N) is 2. The van der Waals surface area contributed by atoms with Crippen molar-refractivity contribution >= 4 is 11.5 Å². The Morgan fingerprint density at radius 3 is 2.46 bits per heavy atom. The third-order valence-electron chi connectivity index (χ3n) is 4.59. The number of aryl methyl sites for hydroxylation is 1. The van der Waals surface area contributed by atoms with Crippen molar-refractivity contribution in [2.45, 2.75) is 18.9 Å². The second-order valence-electron chi connectivity index (χ2n) is 6.15. The van der Waals surface area contributed by atoms with Crippen LogP contribution in [0.5, 0.6) is 0 Å². The van der Waals surface area contributed by atoms with Crippen molar-refractivity contribution in [3.8, 4) is 0 Å². The Bertz CT molecular complexity index is 815. The Morgan fingerprint density at radius 1 is 0.875 bits per heavy atom. The minimum atomic E-state index is -0.638. The molecule has 0 saturated heterocycles. The van der Waals surface area contributed by atoms with E-state index >= 15 is 0 Å². The monoisotopic (exact) mass is 316 g/mol. The summed E-state index contributed by atoms with van der Waals surface area (Å²) < 4.78 is 0. The van der Waals surface area contributed by atoms with Crippen LogP contribution in [0.15, 0.2) is 72.9 Å². The van der Waals surface area contributed by atoms with E-state index in [1.54, 1.807) is 6.20 Å². The molecule has 4 rings (SSSR count). The molecule has 1 unspecified atom stereocenters. The van der Waals surface area contributed by atoms with Crippen LogP contribution in [0.2, 0.25) is 0 Å². The van der Waals surface area contributed by atoms with Crippen LogP contribution in [0.1, 0.15) is 29.2 Å². The highest BCUT2D eigenvalue weighted by Gasteiger charge is 2.19. The molecule has 1 aliphatic heterocycles. The largest absolute Gasteiger partial charge is 0.384 e. The molecule has 0 radical (unpaired) electrons. The molecule has 1 aromatic heterocycles. The number of hydrogen-bond acceptors (Lipinski definition) is 3. The SMILES string of the molecule is OC(c1ccccc1)c1ccc(N2CCCc3ccccc32)nc1. The van der Waals surface area contributed by atoms with Crippen molar-refractivity contribution in [2.75, 3.05) is 11.4 Å². The van der Waals surface area contributed by atoms with Gasteiger partial charge in [0.25, 0.3) is 0 Å². The number of para-hydroxylation sites is 1. The number of fused-ring (bicyclic) bond motifs is 1. The molecular formula is C21H20N2O. The van der Waals surface area contributed by atoms with Crippen molar-refractivity contribution in [1.82, 2.24) is 4.98 Å². The number of rotatable bonds is 3. The van der Waals surface area contributed by atoms with E-state index in [0.29, 0.717) is 0 Å². The lowest BCUT2D eigenvalue weighted by Crippen LogP contribution is -2.25. The lowest BCUT2D eigenvalue weighted by atomic mass is 10.0. The Balaban J connectivity index is 1.61. The van der Waals surface area contributed by atoms with Gasteiger partial charge < -0.3 is 10.0 Å². The number of hydrogen-bond donors (Lipinski definition) is 1. The van der Waals surface area contributed by atoms with Gasteiger partial charge in [-0.25, -0.2) is 4.98 Å². The number of pyridine rings is 1. The van der Waals surface area contributed by atoms with Gasteiger partial charge >= 0.3 is 0 Å². The maximum Gasteiger partial charge on any atom is 0.132 e. The normalized spacial score (nSPS) is 15.0. The molecule has 1 aliphatic rings. The number of aliphatic hydroxyl groups is 1. The predicted molar refractivity (Wildman–Crippen MR) is 96.5 cm³/mol.